The number of nitrogens with zero attached hydrogens (tertiary/aromatic N) is 2. The van der Waals surface area contributed by atoms with E-state index in [2.05, 4.69) is 4.90 Å². The molecule has 1 aromatic carbocycles. The second kappa shape index (κ2) is 10.5. The number of fused-ring (bicyclic) bond motifs is 2. The van der Waals surface area contributed by atoms with Gasteiger partial charge in [0.2, 0.25) is 15.4 Å². The van der Waals surface area contributed by atoms with E-state index in [9.17, 15) is 30.8 Å². The van der Waals surface area contributed by atoms with Gasteiger partial charge < -0.3 is 14.4 Å². The number of ether oxygens (including phenoxy) is 2. The van der Waals surface area contributed by atoms with Crippen LogP contribution in [0.25, 0.3) is 0 Å². The Balaban J connectivity index is 1.13. The Kier molecular flexibility index (Phi) is 7.58. The zero-order chi connectivity index (χ0) is 27.1. The van der Waals surface area contributed by atoms with Gasteiger partial charge in [-0.05, 0) is 75.8 Å². The number of para-hydroxylation sites is 1. The van der Waals surface area contributed by atoms with Crippen LogP contribution in [0.4, 0.5) is 22.4 Å². The monoisotopic (exact) mass is 562 g/mol. The van der Waals surface area contributed by atoms with Crippen LogP contribution in [-0.2, 0) is 14.6 Å². The molecule has 7 nitrogen and oxygen atoms in total. The standard InChI is InChI=1S/C26H34F4N2O5S/c27-17-38(34,35)23-5-2-1-4-22(23)36-16-18-6-8-19(9-7-18)32-20-10-11-21(32)15-31(14-20)24(33)37-25(12-3-13-25)26(28,29)30/h1-2,4-5,18-21H,3,6-17H2/t18?,19?,20-,21-/m1/s1. The van der Waals surface area contributed by atoms with E-state index >= 15 is 0 Å². The molecule has 0 aromatic heterocycles. The normalized spacial score (nSPS) is 29.5. The van der Waals surface area contributed by atoms with Crippen molar-refractivity contribution in [1.29, 1.82) is 0 Å². The van der Waals surface area contributed by atoms with Gasteiger partial charge in [-0.25, -0.2) is 17.6 Å². The zero-order valence-corrected chi connectivity index (χ0v) is 22.0. The van der Waals surface area contributed by atoms with E-state index in [1.165, 1.54) is 23.1 Å². The first-order chi connectivity index (χ1) is 18.0. The van der Waals surface area contributed by atoms with Crippen molar-refractivity contribution in [2.45, 2.75) is 92.6 Å². The molecular weight excluding hydrogens is 528 g/mol. The summed E-state index contributed by atoms with van der Waals surface area (Å²) in [6.45, 7) is 1.11. The molecule has 2 saturated carbocycles. The Labute approximate surface area is 220 Å². The zero-order valence-electron chi connectivity index (χ0n) is 21.2. The van der Waals surface area contributed by atoms with Crippen LogP contribution in [0.3, 0.4) is 0 Å². The lowest BCUT2D eigenvalue weighted by Gasteiger charge is -2.48. The molecule has 0 spiro atoms. The second-order valence-electron chi connectivity index (χ2n) is 11.1. The smallest absolute Gasteiger partial charge is 0.428 e. The van der Waals surface area contributed by atoms with Gasteiger partial charge in [-0.1, -0.05) is 12.1 Å². The van der Waals surface area contributed by atoms with Gasteiger partial charge in [0.15, 0.2) is 6.01 Å². The largest absolute Gasteiger partial charge is 0.492 e. The number of sulfone groups is 1. The molecule has 0 N–H and O–H groups in total. The highest BCUT2D eigenvalue weighted by Gasteiger charge is 2.62. The van der Waals surface area contributed by atoms with Crippen LogP contribution in [0.1, 0.15) is 57.8 Å². The van der Waals surface area contributed by atoms with E-state index in [1.54, 1.807) is 6.07 Å². The molecule has 2 saturated heterocycles. The summed E-state index contributed by atoms with van der Waals surface area (Å²) in [4.78, 5) is 16.5. The van der Waals surface area contributed by atoms with Gasteiger partial charge in [0, 0.05) is 31.2 Å². The average molecular weight is 563 g/mol. The molecule has 2 aliphatic heterocycles. The maximum Gasteiger partial charge on any atom is 0.428 e. The van der Waals surface area contributed by atoms with E-state index in [1.807, 2.05) is 0 Å². The van der Waals surface area contributed by atoms with Gasteiger partial charge >= 0.3 is 12.3 Å². The fraction of sp³-hybridized carbons (Fsp3) is 0.731. The first-order valence-electron chi connectivity index (χ1n) is 13.4. The van der Waals surface area contributed by atoms with Crippen molar-refractivity contribution in [1.82, 2.24) is 9.80 Å². The number of alkyl halides is 4. The fourth-order valence-corrected chi connectivity index (χ4v) is 7.39. The molecule has 2 heterocycles. The van der Waals surface area contributed by atoms with E-state index in [-0.39, 0.29) is 41.5 Å². The molecule has 0 unspecified atom stereocenters. The van der Waals surface area contributed by atoms with Gasteiger partial charge in [-0.2, -0.15) is 13.2 Å². The minimum absolute atomic E-state index is 0.111. The van der Waals surface area contributed by atoms with Crippen molar-refractivity contribution < 1.29 is 40.2 Å². The lowest BCUT2D eigenvalue weighted by molar-refractivity contribution is -0.286. The first kappa shape index (κ1) is 27.5. The van der Waals surface area contributed by atoms with Crippen LogP contribution in [0.5, 0.6) is 5.75 Å². The number of benzene rings is 1. The number of piperazine rings is 1. The van der Waals surface area contributed by atoms with Gasteiger partial charge in [0.25, 0.3) is 0 Å². The molecule has 4 fully saturated rings. The lowest BCUT2D eigenvalue weighted by Crippen LogP contribution is -2.61. The molecule has 2 bridgehead atoms. The minimum Gasteiger partial charge on any atom is -0.492 e. The first-order valence-corrected chi connectivity index (χ1v) is 15.0. The van der Waals surface area contributed by atoms with Gasteiger partial charge in [-0.15, -0.1) is 0 Å². The number of halogens is 4. The summed E-state index contributed by atoms with van der Waals surface area (Å²) in [7, 11) is -4.03. The third kappa shape index (κ3) is 5.22. The molecule has 2 atom stereocenters. The van der Waals surface area contributed by atoms with Gasteiger partial charge in [0.05, 0.1) is 6.61 Å². The van der Waals surface area contributed by atoms with E-state index in [0.717, 1.165) is 38.5 Å². The minimum atomic E-state index is -4.55. The van der Waals surface area contributed by atoms with Crippen molar-refractivity contribution in [3.8, 4) is 5.75 Å². The molecule has 38 heavy (non-hydrogen) atoms. The second-order valence-corrected chi connectivity index (χ2v) is 13.0. The predicted octanol–water partition coefficient (Wildman–Crippen LogP) is 5.10. The van der Waals surface area contributed by atoms with Crippen molar-refractivity contribution in [3.63, 3.8) is 0 Å². The lowest BCUT2D eigenvalue weighted by atomic mass is 9.79. The highest BCUT2D eigenvalue weighted by Crippen LogP contribution is 2.48. The highest BCUT2D eigenvalue weighted by atomic mass is 32.2. The Bertz CT molecular complexity index is 1100. The summed E-state index contributed by atoms with van der Waals surface area (Å²) in [5, 5.41) is 0. The quantitative estimate of drug-likeness (QED) is 0.431. The Morgan fingerprint density at radius 3 is 2.13 bits per heavy atom. The van der Waals surface area contributed by atoms with Crippen LogP contribution < -0.4 is 4.74 Å². The van der Waals surface area contributed by atoms with Gasteiger partial charge in [-0.3, -0.25) is 4.90 Å². The Hall–Kier alpha value is -2.08. The summed E-state index contributed by atoms with van der Waals surface area (Å²) in [5.74, 6) is 0.407. The summed E-state index contributed by atoms with van der Waals surface area (Å²) in [6.07, 6.45) is 0.102. The van der Waals surface area contributed by atoms with Crippen LogP contribution in [0, 0.1) is 5.92 Å². The number of hydrogen-bond donors (Lipinski definition) is 0. The molecule has 4 aliphatic rings. The van der Waals surface area contributed by atoms with Crippen LogP contribution in [0.15, 0.2) is 29.2 Å². The van der Waals surface area contributed by atoms with Crippen LogP contribution in [0.2, 0.25) is 0 Å². The number of rotatable bonds is 7. The SMILES string of the molecule is O=C(OC1(C(F)(F)F)CCC1)N1C[C@H]2CC[C@H](C1)N2C1CCC(COc2ccccc2S(=O)(=O)CF)CC1. The molecule has 2 aliphatic carbocycles. The average Bonchev–Trinajstić information content (AvgIpc) is 3.13. The maximum atomic E-state index is 13.5. The van der Waals surface area contributed by atoms with E-state index < -0.39 is 33.7 Å². The highest BCUT2D eigenvalue weighted by molar-refractivity contribution is 7.91. The molecule has 12 heteroatoms. The number of hydrogen-bond acceptors (Lipinski definition) is 6. The molecule has 0 radical (unpaired) electrons. The molecule has 5 rings (SSSR count). The van der Waals surface area contributed by atoms with Crippen molar-refractivity contribution in [2.75, 3.05) is 25.7 Å². The number of likely N-dealkylation sites (tertiary alicyclic amines) is 1. The van der Waals surface area contributed by atoms with Crippen LogP contribution >= 0.6 is 0 Å². The maximum absolute atomic E-state index is 13.5. The topological polar surface area (TPSA) is 76.2 Å². The summed E-state index contributed by atoms with van der Waals surface area (Å²) in [6, 6.07) is 5.16. The molecule has 212 valence electrons. The van der Waals surface area contributed by atoms with E-state index in [0.29, 0.717) is 32.2 Å². The Morgan fingerprint density at radius 1 is 0.974 bits per heavy atom. The van der Waals surface area contributed by atoms with Crippen molar-refractivity contribution in [3.05, 3.63) is 24.3 Å². The number of amides is 1. The van der Waals surface area contributed by atoms with Crippen molar-refractivity contribution >= 4 is 15.9 Å². The van der Waals surface area contributed by atoms with Crippen LogP contribution in [-0.4, -0.2) is 79.9 Å². The Morgan fingerprint density at radius 2 is 1.58 bits per heavy atom. The summed E-state index contributed by atoms with van der Waals surface area (Å²) in [5.41, 5.74) is -2.32. The summed E-state index contributed by atoms with van der Waals surface area (Å²) >= 11 is 0. The molecular formula is C26H34F4N2O5S. The number of carbonyl (C=O) groups excluding carboxylic acids is 1. The summed E-state index contributed by atoms with van der Waals surface area (Å²) < 4.78 is 88.3. The fourth-order valence-electron chi connectivity index (χ4n) is 6.56. The van der Waals surface area contributed by atoms with Gasteiger partial charge in [0.1, 0.15) is 10.6 Å². The molecule has 1 aromatic rings. The number of carbonyl (C=O) groups is 1. The molecule has 1 amide bonds. The van der Waals surface area contributed by atoms with E-state index in [4.69, 9.17) is 9.47 Å². The third-order valence-electron chi connectivity index (χ3n) is 8.80. The predicted molar refractivity (Wildman–Crippen MR) is 130 cm³/mol. The third-order valence-corrected chi connectivity index (χ3v) is 10.1. The van der Waals surface area contributed by atoms with Crippen molar-refractivity contribution in [2.24, 2.45) is 5.92 Å².